The van der Waals surface area contributed by atoms with Gasteiger partial charge in [-0.2, -0.15) is 0 Å². The van der Waals surface area contributed by atoms with E-state index in [9.17, 15) is 4.79 Å². The Morgan fingerprint density at radius 2 is 2.16 bits per heavy atom. The van der Waals surface area contributed by atoms with Gasteiger partial charge in [0, 0.05) is 25.0 Å². The monoisotopic (exact) mass is 262 g/mol. The number of carbonyl (C=O) groups is 1. The predicted molar refractivity (Wildman–Crippen MR) is 75.1 cm³/mol. The van der Waals surface area contributed by atoms with Gasteiger partial charge in [-0.15, -0.1) is 0 Å². The zero-order valence-electron chi connectivity index (χ0n) is 11.4. The fraction of sp³-hybridized carbons (Fsp3) is 0.533. The van der Waals surface area contributed by atoms with Gasteiger partial charge in [-0.25, -0.2) is 0 Å². The number of rotatable bonds is 6. The van der Waals surface area contributed by atoms with Crippen LogP contribution in [0.2, 0.25) is 0 Å². The Morgan fingerprint density at radius 3 is 2.84 bits per heavy atom. The molecule has 1 aliphatic heterocycles. The van der Waals surface area contributed by atoms with E-state index in [-0.39, 0.29) is 6.42 Å². The first-order valence-corrected chi connectivity index (χ1v) is 6.89. The Bertz CT molecular complexity index is 408. The Hall–Kier alpha value is -1.39. The first-order valence-electron chi connectivity index (χ1n) is 6.89. The van der Waals surface area contributed by atoms with Crippen LogP contribution in [0.25, 0.3) is 0 Å². The van der Waals surface area contributed by atoms with Crippen LogP contribution in [0.15, 0.2) is 30.3 Å². The molecule has 0 spiro atoms. The topological polar surface area (TPSA) is 52.6 Å². The summed E-state index contributed by atoms with van der Waals surface area (Å²) in [6.45, 7) is 1.85. The summed E-state index contributed by atoms with van der Waals surface area (Å²) in [6.07, 6.45) is 2.05. The summed E-state index contributed by atoms with van der Waals surface area (Å²) < 4.78 is 0. The molecule has 0 bridgehead atoms. The summed E-state index contributed by atoms with van der Waals surface area (Å²) in [6, 6.07) is 11.3. The number of hydrogen-bond donors (Lipinski definition) is 2. The summed E-state index contributed by atoms with van der Waals surface area (Å²) in [5.74, 6) is -0.718. The molecule has 1 aliphatic rings. The highest BCUT2D eigenvalue weighted by Gasteiger charge is 2.32. The maximum absolute atomic E-state index is 10.5. The molecule has 1 saturated heterocycles. The molecule has 0 amide bonds. The minimum atomic E-state index is -0.718. The molecule has 104 valence electrons. The van der Waals surface area contributed by atoms with Crippen molar-refractivity contribution in [1.29, 1.82) is 0 Å². The van der Waals surface area contributed by atoms with Gasteiger partial charge < -0.3 is 10.4 Å². The van der Waals surface area contributed by atoms with Crippen LogP contribution in [0.3, 0.4) is 0 Å². The first kappa shape index (κ1) is 14.0. The van der Waals surface area contributed by atoms with Crippen LogP contribution in [-0.4, -0.2) is 42.2 Å². The number of nitrogens with zero attached hydrogens (tertiary/aromatic N) is 1. The molecule has 0 aromatic heterocycles. The van der Waals surface area contributed by atoms with Crippen molar-refractivity contribution in [3.05, 3.63) is 35.9 Å². The molecule has 4 heteroatoms. The number of likely N-dealkylation sites (N-methyl/N-ethyl adjacent to an activating group) is 1. The second-order valence-electron chi connectivity index (χ2n) is 5.18. The third kappa shape index (κ3) is 3.78. The average molecular weight is 262 g/mol. The van der Waals surface area contributed by atoms with E-state index in [2.05, 4.69) is 41.5 Å². The minimum Gasteiger partial charge on any atom is -0.481 e. The van der Waals surface area contributed by atoms with Crippen molar-refractivity contribution in [2.45, 2.75) is 31.3 Å². The van der Waals surface area contributed by atoms with Gasteiger partial charge in [0.05, 0.1) is 0 Å². The first-order chi connectivity index (χ1) is 9.18. The molecular weight excluding hydrogens is 240 g/mol. The van der Waals surface area contributed by atoms with E-state index in [0.717, 1.165) is 19.5 Å². The van der Waals surface area contributed by atoms with Gasteiger partial charge in [-0.05, 0) is 32.0 Å². The molecule has 19 heavy (non-hydrogen) atoms. The Balaban J connectivity index is 1.91. The third-order valence-corrected chi connectivity index (χ3v) is 3.76. The van der Waals surface area contributed by atoms with Crippen LogP contribution >= 0.6 is 0 Å². The quantitative estimate of drug-likeness (QED) is 0.769. The van der Waals surface area contributed by atoms with Crippen molar-refractivity contribution >= 4 is 5.97 Å². The smallest absolute Gasteiger partial charge is 0.303 e. The highest BCUT2D eigenvalue weighted by Crippen LogP contribution is 2.30. The minimum absolute atomic E-state index is 0.242. The van der Waals surface area contributed by atoms with E-state index in [0.29, 0.717) is 18.5 Å². The lowest BCUT2D eigenvalue weighted by atomic mass is 10.00. The van der Waals surface area contributed by atoms with Gasteiger partial charge in [0.25, 0.3) is 0 Å². The molecular formula is C15H22N2O2. The van der Waals surface area contributed by atoms with Crippen molar-refractivity contribution in [2.24, 2.45) is 0 Å². The Kier molecular flexibility index (Phi) is 4.93. The summed E-state index contributed by atoms with van der Waals surface area (Å²) >= 11 is 0. The average Bonchev–Trinajstić information content (AvgIpc) is 2.77. The third-order valence-electron chi connectivity index (χ3n) is 3.76. The predicted octanol–water partition coefficient (Wildman–Crippen LogP) is 1.89. The van der Waals surface area contributed by atoms with Crippen molar-refractivity contribution in [2.75, 3.05) is 20.1 Å². The van der Waals surface area contributed by atoms with Gasteiger partial charge in [0.15, 0.2) is 0 Å². The molecule has 1 heterocycles. The number of nitrogens with one attached hydrogen (secondary N) is 1. The van der Waals surface area contributed by atoms with Crippen molar-refractivity contribution in [3.63, 3.8) is 0 Å². The molecule has 0 saturated carbocycles. The van der Waals surface area contributed by atoms with Gasteiger partial charge in [0.2, 0.25) is 0 Å². The maximum atomic E-state index is 10.5. The van der Waals surface area contributed by atoms with Crippen LogP contribution in [0.5, 0.6) is 0 Å². The molecule has 1 fully saturated rings. The molecule has 2 N–H and O–H groups in total. The fourth-order valence-electron chi connectivity index (χ4n) is 2.82. The zero-order chi connectivity index (χ0) is 13.7. The van der Waals surface area contributed by atoms with Crippen LogP contribution < -0.4 is 5.32 Å². The van der Waals surface area contributed by atoms with Crippen molar-refractivity contribution in [1.82, 2.24) is 10.2 Å². The fourth-order valence-corrected chi connectivity index (χ4v) is 2.82. The summed E-state index contributed by atoms with van der Waals surface area (Å²) in [5, 5.41) is 12.2. The lowest BCUT2D eigenvalue weighted by Gasteiger charge is -2.26. The van der Waals surface area contributed by atoms with Crippen LogP contribution in [0.4, 0.5) is 0 Å². The molecule has 0 aliphatic carbocycles. The maximum Gasteiger partial charge on any atom is 0.303 e. The molecule has 0 radical (unpaired) electrons. The van der Waals surface area contributed by atoms with Crippen molar-refractivity contribution < 1.29 is 9.90 Å². The highest BCUT2D eigenvalue weighted by molar-refractivity contribution is 5.66. The lowest BCUT2D eigenvalue weighted by Crippen LogP contribution is -2.35. The van der Waals surface area contributed by atoms with Crippen LogP contribution in [0, 0.1) is 0 Å². The summed E-state index contributed by atoms with van der Waals surface area (Å²) in [5.41, 5.74) is 1.33. The van der Waals surface area contributed by atoms with E-state index in [4.69, 9.17) is 5.11 Å². The van der Waals surface area contributed by atoms with Crippen LogP contribution in [0.1, 0.15) is 30.9 Å². The second-order valence-corrected chi connectivity index (χ2v) is 5.18. The number of aliphatic carboxylic acids is 1. The Labute approximate surface area is 114 Å². The number of likely N-dealkylation sites (tertiary alicyclic amines) is 1. The molecule has 1 aromatic carbocycles. The number of hydrogen-bond acceptors (Lipinski definition) is 3. The number of benzene rings is 1. The number of carboxylic acids is 1. The number of carboxylic acid groups (broad SMARTS) is 1. The molecule has 2 atom stereocenters. The van der Waals surface area contributed by atoms with E-state index in [1.807, 2.05) is 6.07 Å². The molecule has 2 unspecified atom stereocenters. The van der Waals surface area contributed by atoms with E-state index in [1.165, 1.54) is 5.56 Å². The SMILES string of the molecule is CN1CCC(NCCCC(=O)O)C1c1ccccc1. The standard InChI is InChI=1S/C15H22N2O2/c1-17-11-9-13(16-10-5-8-14(18)19)15(17)12-6-3-2-4-7-12/h2-4,6-7,13,15-16H,5,8-11H2,1H3,(H,18,19). The van der Waals surface area contributed by atoms with Gasteiger partial charge >= 0.3 is 5.97 Å². The normalized spacial score (nSPS) is 23.6. The molecule has 1 aromatic rings. The summed E-state index contributed by atoms with van der Waals surface area (Å²) in [4.78, 5) is 12.9. The van der Waals surface area contributed by atoms with Gasteiger partial charge in [-0.3, -0.25) is 9.69 Å². The van der Waals surface area contributed by atoms with Crippen LogP contribution in [-0.2, 0) is 4.79 Å². The van der Waals surface area contributed by atoms with Crippen molar-refractivity contribution in [3.8, 4) is 0 Å². The van der Waals surface area contributed by atoms with E-state index < -0.39 is 5.97 Å². The largest absolute Gasteiger partial charge is 0.481 e. The van der Waals surface area contributed by atoms with E-state index >= 15 is 0 Å². The lowest BCUT2D eigenvalue weighted by molar-refractivity contribution is -0.137. The zero-order valence-corrected chi connectivity index (χ0v) is 11.4. The Morgan fingerprint density at radius 1 is 1.42 bits per heavy atom. The molecule has 4 nitrogen and oxygen atoms in total. The van der Waals surface area contributed by atoms with Gasteiger partial charge in [-0.1, -0.05) is 30.3 Å². The molecule has 2 rings (SSSR count). The second kappa shape index (κ2) is 6.68. The van der Waals surface area contributed by atoms with Gasteiger partial charge in [0.1, 0.15) is 0 Å². The van der Waals surface area contributed by atoms with E-state index in [1.54, 1.807) is 0 Å². The highest BCUT2D eigenvalue weighted by atomic mass is 16.4. The summed E-state index contributed by atoms with van der Waals surface area (Å²) in [7, 11) is 2.15.